The molecule has 0 unspecified atom stereocenters. The maximum Gasteiger partial charge on any atom is 0.260 e. The molecular weight excluding hydrogens is 266 g/mol. The Bertz CT molecular complexity index is 516. The molecule has 0 aliphatic carbocycles. The highest BCUT2D eigenvalue weighted by atomic mass is 32.2. The van der Waals surface area contributed by atoms with Gasteiger partial charge in [0.1, 0.15) is 0 Å². The van der Waals surface area contributed by atoms with Gasteiger partial charge in [0.05, 0.1) is 25.0 Å². The fourth-order valence-corrected chi connectivity index (χ4v) is 2.68. The van der Waals surface area contributed by atoms with Gasteiger partial charge in [-0.3, -0.25) is 4.79 Å². The smallest absolute Gasteiger partial charge is 0.260 e. The first kappa shape index (κ1) is 13.6. The summed E-state index contributed by atoms with van der Waals surface area (Å²) in [5, 5.41) is 9.82. The molecule has 5 nitrogen and oxygen atoms in total. The Labute approximate surface area is 115 Å². The molecule has 1 fully saturated rings. The Kier molecular flexibility index (Phi) is 3.90. The van der Waals surface area contributed by atoms with E-state index in [0.29, 0.717) is 22.3 Å². The highest BCUT2D eigenvalue weighted by molar-refractivity contribution is 8.04. The first-order chi connectivity index (χ1) is 9.06. The summed E-state index contributed by atoms with van der Waals surface area (Å²) in [5.41, 5.74) is 0.748. The van der Waals surface area contributed by atoms with Crippen LogP contribution in [0.5, 0.6) is 17.2 Å². The zero-order valence-corrected chi connectivity index (χ0v) is 11.8. The van der Waals surface area contributed by atoms with Crippen LogP contribution >= 0.6 is 11.8 Å². The van der Waals surface area contributed by atoms with Gasteiger partial charge in [0, 0.05) is 7.05 Å². The summed E-state index contributed by atoms with van der Waals surface area (Å²) in [4.78, 5) is 14.1. The third-order valence-electron chi connectivity index (χ3n) is 2.77. The lowest BCUT2D eigenvalue weighted by Gasteiger charge is -2.09. The van der Waals surface area contributed by atoms with Crippen molar-refractivity contribution in [3.8, 4) is 17.2 Å². The van der Waals surface area contributed by atoms with Gasteiger partial charge in [-0.05, 0) is 23.8 Å². The van der Waals surface area contributed by atoms with Crippen molar-refractivity contribution in [2.24, 2.45) is 0 Å². The summed E-state index contributed by atoms with van der Waals surface area (Å²) in [5.74, 6) is 1.23. The van der Waals surface area contributed by atoms with Crippen LogP contribution in [0.3, 0.4) is 0 Å². The summed E-state index contributed by atoms with van der Waals surface area (Å²) in [6, 6.07) is 3.33. The van der Waals surface area contributed by atoms with Gasteiger partial charge in [-0.25, -0.2) is 0 Å². The molecule has 0 aromatic heterocycles. The summed E-state index contributed by atoms with van der Waals surface area (Å²) < 4.78 is 10.2. The predicted molar refractivity (Wildman–Crippen MR) is 74.4 cm³/mol. The molecule has 0 radical (unpaired) electrons. The largest absolute Gasteiger partial charge is 0.502 e. The number of phenolic OH excluding ortho intramolecular Hbond substituents is 1. The lowest BCUT2D eigenvalue weighted by Crippen LogP contribution is -2.18. The second-order valence-electron chi connectivity index (χ2n) is 4.06. The third kappa shape index (κ3) is 2.63. The summed E-state index contributed by atoms with van der Waals surface area (Å²) in [6.07, 6.45) is 1.76. The fraction of sp³-hybridized carbons (Fsp3) is 0.308. The molecule has 1 heterocycles. The van der Waals surface area contributed by atoms with Gasteiger partial charge in [0.15, 0.2) is 11.5 Å². The first-order valence-corrected chi connectivity index (χ1v) is 6.60. The Morgan fingerprint density at radius 2 is 1.89 bits per heavy atom. The fourth-order valence-electron chi connectivity index (χ4n) is 1.73. The minimum atomic E-state index is -0.0466. The van der Waals surface area contributed by atoms with Gasteiger partial charge in [-0.15, -0.1) is 0 Å². The maximum atomic E-state index is 11.8. The molecule has 1 aliphatic heterocycles. The van der Waals surface area contributed by atoms with E-state index in [0.717, 1.165) is 5.56 Å². The standard InChI is InChI=1S/C13H15NO4S/c1-14-7-19-11(13(14)16)6-8-4-9(17-2)12(15)10(5-8)18-3/h4-6,15H,7H2,1-3H3. The van der Waals surface area contributed by atoms with Crippen LogP contribution in [0.15, 0.2) is 17.0 Å². The molecule has 1 saturated heterocycles. The molecule has 102 valence electrons. The zero-order chi connectivity index (χ0) is 14.0. The van der Waals surface area contributed by atoms with E-state index in [9.17, 15) is 9.90 Å². The van der Waals surface area contributed by atoms with Crippen molar-refractivity contribution in [1.82, 2.24) is 4.90 Å². The topological polar surface area (TPSA) is 59.0 Å². The number of ether oxygens (including phenoxy) is 2. The van der Waals surface area contributed by atoms with Crippen LogP contribution in [-0.2, 0) is 4.79 Å². The second kappa shape index (κ2) is 5.44. The molecule has 0 atom stereocenters. The molecule has 0 saturated carbocycles. The van der Waals surface area contributed by atoms with Crippen LogP contribution in [0.4, 0.5) is 0 Å². The van der Waals surface area contributed by atoms with Gasteiger partial charge in [0.25, 0.3) is 5.91 Å². The summed E-state index contributed by atoms with van der Waals surface area (Å²) >= 11 is 1.48. The van der Waals surface area contributed by atoms with Crippen molar-refractivity contribution < 1.29 is 19.4 Å². The van der Waals surface area contributed by atoms with E-state index in [1.54, 1.807) is 30.2 Å². The molecule has 6 heteroatoms. The van der Waals surface area contributed by atoms with Crippen molar-refractivity contribution in [2.75, 3.05) is 27.1 Å². The number of amides is 1. The quantitative estimate of drug-likeness (QED) is 0.858. The number of methoxy groups -OCH3 is 2. The molecule has 0 spiro atoms. The molecule has 1 aromatic rings. The lowest BCUT2D eigenvalue weighted by molar-refractivity contribution is -0.123. The van der Waals surface area contributed by atoms with E-state index in [4.69, 9.17) is 9.47 Å². The van der Waals surface area contributed by atoms with E-state index in [1.807, 2.05) is 0 Å². The number of aromatic hydroxyl groups is 1. The SMILES string of the molecule is COc1cc(C=C2SCN(C)C2=O)cc(OC)c1O. The monoisotopic (exact) mass is 281 g/mol. The number of hydrogen-bond donors (Lipinski definition) is 1. The van der Waals surface area contributed by atoms with E-state index >= 15 is 0 Å². The molecule has 1 aliphatic rings. The highest BCUT2D eigenvalue weighted by Crippen LogP contribution is 2.38. The highest BCUT2D eigenvalue weighted by Gasteiger charge is 2.23. The van der Waals surface area contributed by atoms with Crippen molar-refractivity contribution >= 4 is 23.7 Å². The number of phenols is 1. The second-order valence-corrected chi connectivity index (χ2v) is 5.05. The van der Waals surface area contributed by atoms with Crippen molar-refractivity contribution in [1.29, 1.82) is 0 Å². The van der Waals surface area contributed by atoms with Gasteiger partial charge < -0.3 is 19.5 Å². The summed E-state index contributed by atoms with van der Waals surface area (Å²) in [7, 11) is 4.69. The number of rotatable bonds is 3. The van der Waals surface area contributed by atoms with Gasteiger partial charge in [0.2, 0.25) is 5.75 Å². The molecule has 0 bridgehead atoms. The van der Waals surface area contributed by atoms with Crippen LogP contribution in [-0.4, -0.2) is 43.1 Å². The number of likely N-dealkylation sites (N-methyl/N-ethyl adjacent to an activating group) is 1. The number of thioether (sulfide) groups is 1. The minimum Gasteiger partial charge on any atom is -0.502 e. The number of nitrogens with zero attached hydrogens (tertiary/aromatic N) is 1. The third-order valence-corrected chi connectivity index (χ3v) is 3.89. The van der Waals surface area contributed by atoms with Gasteiger partial charge in [-0.1, -0.05) is 11.8 Å². The molecule has 19 heavy (non-hydrogen) atoms. The van der Waals surface area contributed by atoms with E-state index in [2.05, 4.69) is 0 Å². The molecule has 1 amide bonds. The van der Waals surface area contributed by atoms with E-state index < -0.39 is 0 Å². The van der Waals surface area contributed by atoms with Crippen LogP contribution in [0.2, 0.25) is 0 Å². The van der Waals surface area contributed by atoms with Crippen LogP contribution in [0.1, 0.15) is 5.56 Å². The molecular formula is C13H15NO4S. The molecule has 1 N–H and O–H groups in total. The predicted octanol–water partition coefficient (Wildman–Crippen LogP) is 1.91. The Morgan fingerprint density at radius 1 is 1.32 bits per heavy atom. The van der Waals surface area contributed by atoms with Crippen LogP contribution < -0.4 is 9.47 Å². The number of carbonyl (C=O) groups excluding carboxylic acids is 1. The zero-order valence-electron chi connectivity index (χ0n) is 11.0. The molecule has 1 aromatic carbocycles. The Hall–Kier alpha value is -1.82. The van der Waals surface area contributed by atoms with E-state index in [1.165, 1.54) is 26.0 Å². The van der Waals surface area contributed by atoms with E-state index in [-0.39, 0.29) is 11.7 Å². The number of carbonyl (C=O) groups is 1. The lowest BCUT2D eigenvalue weighted by atomic mass is 10.1. The van der Waals surface area contributed by atoms with Crippen LogP contribution in [0, 0.1) is 0 Å². The number of hydrogen-bond acceptors (Lipinski definition) is 5. The molecule has 2 rings (SSSR count). The Morgan fingerprint density at radius 3 is 2.32 bits per heavy atom. The van der Waals surface area contributed by atoms with Crippen LogP contribution in [0.25, 0.3) is 6.08 Å². The maximum absolute atomic E-state index is 11.8. The van der Waals surface area contributed by atoms with Crippen molar-refractivity contribution in [2.45, 2.75) is 0 Å². The first-order valence-electron chi connectivity index (χ1n) is 5.61. The average Bonchev–Trinajstić information content (AvgIpc) is 2.72. The van der Waals surface area contributed by atoms with Gasteiger partial charge in [-0.2, -0.15) is 0 Å². The summed E-state index contributed by atoms with van der Waals surface area (Å²) in [6.45, 7) is 0. The normalized spacial score (nSPS) is 17.1. The average molecular weight is 281 g/mol. The van der Waals surface area contributed by atoms with Crippen molar-refractivity contribution in [3.05, 3.63) is 22.6 Å². The Balaban J connectivity index is 2.41. The minimum absolute atomic E-state index is 0.00370. The number of benzene rings is 1. The van der Waals surface area contributed by atoms with Crippen molar-refractivity contribution in [3.63, 3.8) is 0 Å². The van der Waals surface area contributed by atoms with Gasteiger partial charge >= 0.3 is 0 Å².